The van der Waals surface area contributed by atoms with Crippen molar-refractivity contribution in [3.8, 4) is 22.6 Å². The van der Waals surface area contributed by atoms with Crippen LogP contribution in [0.25, 0.3) is 27.8 Å². The fraction of sp³-hybridized carbons (Fsp3) is 0.167. The first kappa shape index (κ1) is 24.1. The number of aromatic nitrogens is 3. The van der Waals surface area contributed by atoms with Crippen LogP contribution in [0.5, 0.6) is 5.75 Å². The Morgan fingerprint density at radius 3 is 2.35 bits per heavy atom. The number of hydrogen-bond acceptors (Lipinski definition) is 4. The van der Waals surface area contributed by atoms with E-state index in [9.17, 15) is 9.59 Å². The summed E-state index contributed by atoms with van der Waals surface area (Å²) in [6, 6.07) is 28.6. The second kappa shape index (κ2) is 10.5. The monoisotopic (exact) mass is 492 g/mol. The van der Waals surface area contributed by atoms with Crippen molar-refractivity contribution in [2.75, 3.05) is 6.61 Å². The second-order valence-electron chi connectivity index (χ2n) is 8.70. The molecule has 5 aromatic rings. The molecular weight excluding hydrogens is 464 g/mol. The molecule has 7 heteroatoms. The lowest BCUT2D eigenvalue weighted by Crippen LogP contribution is -2.32. The van der Waals surface area contributed by atoms with E-state index in [4.69, 9.17) is 9.84 Å². The summed E-state index contributed by atoms with van der Waals surface area (Å²) in [5, 5.41) is 8.57. The van der Waals surface area contributed by atoms with Crippen LogP contribution in [0.4, 0.5) is 0 Å². The van der Waals surface area contributed by atoms with Gasteiger partial charge in [0, 0.05) is 23.6 Å². The van der Waals surface area contributed by atoms with Gasteiger partial charge in [0.15, 0.2) is 0 Å². The summed E-state index contributed by atoms with van der Waals surface area (Å²) in [7, 11) is 0. The quantitative estimate of drug-likeness (QED) is 0.335. The zero-order valence-electron chi connectivity index (χ0n) is 20.8. The minimum atomic E-state index is -0.277. The Morgan fingerprint density at radius 1 is 0.946 bits per heavy atom. The van der Waals surface area contributed by atoms with Crippen molar-refractivity contribution in [3.63, 3.8) is 0 Å². The predicted octanol–water partition coefficient (Wildman–Crippen LogP) is 4.88. The van der Waals surface area contributed by atoms with E-state index < -0.39 is 0 Å². The number of aryl methyl sites for hydroxylation is 1. The Hall–Kier alpha value is -4.65. The second-order valence-corrected chi connectivity index (χ2v) is 8.70. The Labute approximate surface area is 214 Å². The molecule has 0 aliphatic carbocycles. The largest absolute Gasteiger partial charge is 0.494 e. The van der Waals surface area contributed by atoms with Gasteiger partial charge in [0.25, 0.3) is 5.56 Å². The van der Waals surface area contributed by atoms with Gasteiger partial charge in [-0.05, 0) is 43.2 Å². The minimum Gasteiger partial charge on any atom is -0.494 e. The molecule has 1 amide bonds. The topological polar surface area (TPSA) is 78.2 Å². The number of carbonyl (C=O) groups is 1. The summed E-state index contributed by atoms with van der Waals surface area (Å²) in [6.45, 7) is 4.54. The summed E-state index contributed by atoms with van der Waals surface area (Å²) in [5.74, 6) is 0.454. The molecule has 0 unspecified atom stereocenters. The Morgan fingerprint density at radius 2 is 1.62 bits per heavy atom. The molecule has 186 valence electrons. The maximum Gasteiger partial charge on any atom is 0.253 e. The molecule has 2 aromatic heterocycles. The first-order valence-electron chi connectivity index (χ1n) is 12.3. The highest BCUT2D eigenvalue weighted by Crippen LogP contribution is 2.31. The molecular formula is C30H28N4O3. The molecule has 7 nitrogen and oxygen atoms in total. The molecule has 3 aromatic carbocycles. The van der Waals surface area contributed by atoms with Crippen LogP contribution in [0.15, 0.2) is 95.8 Å². The molecule has 1 N–H and O–H groups in total. The average molecular weight is 493 g/mol. The summed E-state index contributed by atoms with van der Waals surface area (Å²) < 4.78 is 8.91. The number of amides is 1. The van der Waals surface area contributed by atoms with Crippen LogP contribution >= 0.6 is 0 Å². The molecule has 0 spiro atoms. The number of nitrogens with one attached hydrogen (secondary N) is 1. The fourth-order valence-corrected chi connectivity index (χ4v) is 4.54. The molecule has 37 heavy (non-hydrogen) atoms. The third-order valence-corrected chi connectivity index (χ3v) is 6.23. The molecule has 0 saturated heterocycles. The normalized spacial score (nSPS) is 11.0. The molecule has 0 bridgehead atoms. The number of nitrogens with zero attached hydrogens (tertiary/aromatic N) is 3. The van der Waals surface area contributed by atoms with Crippen molar-refractivity contribution < 1.29 is 9.53 Å². The fourth-order valence-electron chi connectivity index (χ4n) is 4.54. The SMILES string of the molecule is CCOc1ccccc1CNC(=O)Cn1c(=O)cc(-c2ccccc2)c2c(C)nn(-c3ccccc3)c21. The highest BCUT2D eigenvalue weighted by molar-refractivity contribution is 5.96. The number of para-hydroxylation sites is 2. The van der Waals surface area contributed by atoms with Crippen LogP contribution in [0.1, 0.15) is 18.2 Å². The van der Waals surface area contributed by atoms with E-state index in [2.05, 4.69) is 5.32 Å². The van der Waals surface area contributed by atoms with Gasteiger partial charge in [0.05, 0.1) is 18.0 Å². The van der Waals surface area contributed by atoms with Gasteiger partial charge in [-0.2, -0.15) is 5.10 Å². The van der Waals surface area contributed by atoms with Gasteiger partial charge in [-0.1, -0.05) is 66.7 Å². The number of hydrogen-bond donors (Lipinski definition) is 1. The first-order valence-corrected chi connectivity index (χ1v) is 12.3. The van der Waals surface area contributed by atoms with Gasteiger partial charge in [-0.3, -0.25) is 14.2 Å². The molecule has 2 heterocycles. The highest BCUT2D eigenvalue weighted by Gasteiger charge is 2.21. The number of pyridine rings is 1. The van der Waals surface area contributed by atoms with Gasteiger partial charge in [0.1, 0.15) is 17.9 Å². The minimum absolute atomic E-state index is 0.140. The Bertz CT molecular complexity index is 1610. The van der Waals surface area contributed by atoms with Crippen molar-refractivity contribution in [2.45, 2.75) is 26.9 Å². The number of fused-ring (bicyclic) bond motifs is 1. The van der Waals surface area contributed by atoms with Gasteiger partial charge >= 0.3 is 0 Å². The van der Waals surface area contributed by atoms with E-state index >= 15 is 0 Å². The summed E-state index contributed by atoms with van der Waals surface area (Å²) >= 11 is 0. The zero-order chi connectivity index (χ0) is 25.8. The zero-order valence-corrected chi connectivity index (χ0v) is 20.8. The lowest BCUT2D eigenvalue weighted by molar-refractivity contribution is -0.121. The van der Waals surface area contributed by atoms with Gasteiger partial charge < -0.3 is 10.1 Å². The molecule has 0 fully saturated rings. The maximum atomic E-state index is 13.5. The van der Waals surface area contributed by atoms with Crippen molar-refractivity contribution in [3.05, 3.63) is 113 Å². The van der Waals surface area contributed by atoms with Crippen LogP contribution in [0, 0.1) is 6.92 Å². The molecule has 0 saturated carbocycles. The number of ether oxygens (including phenoxy) is 1. The molecule has 0 atom stereocenters. The Kier molecular flexibility index (Phi) is 6.85. The lowest BCUT2D eigenvalue weighted by Gasteiger charge is -2.14. The van der Waals surface area contributed by atoms with E-state index in [0.29, 0.717) is 18.8 Å². The molecule has 0 aliphatic rings. The van der Waals surface area contributed by atoms with Crippen molar-refractivity contribution in [1.29, 1.82) is 0 Å². The summed E-state index contributed by atoms with van der Waals surface area (Å²) in [4.78, 5) is 26.6. The highest BCUT2D eigenvalue weighted by atomic mass is 16.5. The van der Waals surface area contributed by atoms with Gasteiger partial charge in [-0.25, -0.2) is 4.68 Å². The van der Waals surface area contributed by atoms with Gasteiger partial charge in [-0.15, -0.1) is 0 Å². The van der Waals surface area contributed by atoms with E-state index in [-0.39, 0.29) is 18.0 Å². The van der Waals surface area contributed by atoms with Crippen molar-refractivity contribution in [2.24, 2.45) is 0 Å². The standard InChI is InChI=1S/C30H28N4O3/c1-3-37-26-17-11-10-14-23(26)19-31-27(35)20-33-28(36)18-25(22-12-6-4-7-13-22)29-21(2)32-34(30(29)33)24-15-8-5-9-16-24/h4-18H,3,19-20H2,1-2H3,(H,31,35). The van der Waals surface area contributed by atoms with Crippen LogP contribution < -0.4 is 15.6 Å². The summed E-state index contributed by atoms with van der Waals surface area (Å²) in [5.41, 5.74) is 4.49. The summed E-state index contributed by atoms with van der Waals surface area (Å²) in [6.07, 6.45) is 0. The third-order valence-electron chi connectivity index (χ3n) is 6.23. The number of carbonyl (C=O) groups excluding carboxylic acids is 1. The Balaban J connectivity index is 1.57. The molecule has 0 radical (unpaired) electrons. The van der Waals surface area contributed by atoms with Crippen LogP contribution in [0.3, 0.4) is 0 Å². The van der Waals surface area contributed by atoms with Crippen molar-refractivity contribution >= 4 is 16.9 Å². The van der Waals surface area contributed by atoms with E-state index in [1.54, 1.807) is 10.7 Å². The smallest absolute Gasteiger partial charge is 0.253 e. The third kappa shape index (κ3) is 4.89. The van der Waals surface area contributed by atoms with Gasteiger partial charge in [0.2, 0.25) is 5.91 Å². The van der Waals surface area contributed by atoms with Crippen molar-refractivity contribution in [1.82, 2.24) is 19.7 Å². The lowest BCUT2D eigenvalue weighted by atomic mass is 10.0. The molecule has 0 aliphatic heterocycles. The van der Waals surface area contributed by atoms with E-state index in [0.717, 1.165) is 39.2 Å². The number of benzene rings is 3. The average Bonchev–Trinajstić information content (AvgIpc) is 3.28. The van der Waals surface area contributed by atoms with E-state index in [1.165, 1.54) is 4.57 Å². The van der Waals surface area contributed by atoms with Crippen LogP contribution in [0.2, 0.25) is 0 Å². The first-order chi connectivity index (χ1) is 18.1. The van der Waals surface area contributed by atoms with E-state index in [1.807, 2.05) is 98.8 Å². The van der Waals surface area contributed by atoms with Crippen LogP contribution in [-0.2, 0) is 17.9 Å². The van der Waals surface area contributed by atoms with Crippen LogP contribution in [-0.4, -0.2) is 26.9 Å². The maximum absolute atomic E-state index is 13.5. The molecule has 5 rings (SSSR count). The number of rotatable bonds is 8. The predicted molar refractivity (Wildman–Crippen MR) is 145 cm³/mol.